The van der Waals surface area contributed by atoms with Gasteiger partial charge in [-0.05, 0) is 35.7 Å². The van der Waals surface area contributed by atoms with E-state index in [2.05, 4.69) is 9.82 Å². The fourth-order valence-corrected chi connectivity index (χ4v) is 3.56. The van der Waals surface area contributed by atoms with Gasteiger partial charge < -0.3 is 9.84 Å². The molecule has 0 radical (unpaired) electrons. The fourth-order valence-electron chi connectivity index (χ4n) is 3.43. The second-order valence-corrected chi connectivity index (χ2v) is 6.75. The van der Waals surface area contributed by atoms with Crippen LogP contribution in [0.2, 0.25) is 5.02 Å². The predicted octanol–water partition coefficient (Wildman–Crippen LogP) is 3.43. The summed E-state index contributed by atoms with van der Waals surface area (Å²) >= 11 is 5.95. The maximum absolute atomic E-state index is 11.6. The lowest BCUT2D eigenvalue weighted by molar-refractivity contribution is -0.765. The molecule has 1 N–H and O–H groups in total. The largest absolute Gasteiger partial charge is 0.480 e. The van der Waals surface area contributed by atoms with Gasteiger partial charge in [-0.3, -0.25) is 9.82 Å². The Bertz CT molecular complexity index is 886. The van der Waals surface area contributed by atoms with E-state index in [9.17, 15) is 20.0 Å². The Hall–Kier alpha value is -2.71. The first kappa shape index (κ1) is 19.1. The van der Waals surface area contributed by atoms with Crippen LogP contribution in [0.25, 0.3) is 0 Å². The van der Waals surface area contributed by atoms with E-state index in [-0.39, 0.29) is 0 Å². The number of ether oxygens (including phenoxy) is 1. The summed E-state index contributed by atoms with van der Waals surface area (Å²) in [4.78, 5) is 31.1. The SMILES string of the molecule is Cc1ncc2c(c1C(C)C(O[N+](=O)[O-])C(=O)O)C(c1ccc(Cl)cc1)OC2. The minimum absolute atomic E-state index is 0.309. The van der Waals surface area contributed by atoms with Gasteiger partial charge in [-0.2, -0.15) is 0 Å². The highest BCUT2D eigenvalue weighted by molar-refractivity contribution is 6.30. The second-order valence-electron chi connectivity index (χ2n) is 6.32. The van der Waals surface area contributed by atoms with Gasteiger partial charge in [-0.25, -0.2) is 4.79 Å². The standard InChI is InChI=1S/C18H17ClN2O6/c1-9(16(18(22)23)27-21(24)25)14-10(2)20-7-12-8-26-17(15(12)14)11-3-5-13(19)6-4-11/h3-7,9,16-17H,8H2,1-2H3,(H,22,23). The second kappa shape index (κ2) is 7.50. The molecule has 3 unspecified atom stereocenters. The molecule has 2 aromatic rings. The van der Waals surface area contributed by atoms with Crippen LogP contribution in [0.5, 0.6) is 0 Å². The van der Waals surface area contributed by atoms with Crippen LogP contribution >= 0.6 is 11.6 Å². The lowest BCUT2D eigenvalue weighted by Crippen LogP contribution is -2.33. The van der Waals surface area contributed by atoms with Crippen LogP contribution in [-0.2, 0) is 21.0 Å². The average Bonchev–Trinajstić information content (AvgIpc) is 3.03. The summed E-state index contributed by atoms with van der Waals surface area (Å²) < 4.78 is 5.91. The first-order valence-corrected chi connectivity index (χ1v) is 8.56. The smallest absolute Gasteiger partial charge is 0.333 e. The first-order valence-electron chi connectivity index (χ1n) is 8.19. The number of rotatable bonds is 6. The van der Waals surface area contributed by atoms with Crippen molar-refractivity contribution in [2.45, 2.75) is 38.6 Å². The fraction of sp³-hybridized carbons (Fsp3) is 0.333. The number of aliphatic carboxylic acids is 1. The normalized spacial score (nSPS) is 17.8. The topological polar surface area (TPSA) is 112 Å². The molecule has 9 heteroatoms. The van der Waals surface area contributed by atoms with Crippen LogP contribution in [0, 0.1) is 17.0 Å². The number of hydrogen-bond donors (Lipinski definition) is 1. The molecule has 3 atom stereocenters. The van der Waals surface area contributed by atoms with Gasteiger partial charge in [0.2, 0.25) is 6.10 Å². The van der Waals surface area contributed by atoms with E-state index in [0.29, 0.717) is 22.9 Å². The Morgan fingerprint density at radius 1 is 1.44 bits per heavy atom. The molecule has 0 saturated heterocycles. The lowest BCUT2D eigenvalue weighted by atomic mass is 9.85. The number of hydrogen-bond acceptors (Lipinski definition) is 6. The van der Waals surface area contributed by atoms with Crippen molar-refractivity contribution >= 4 is 17.6 Å². The first-order chi connectivity index (χ1) is 12.8. The molecule has 1 aromatic carbocycles. The summed E-state index contributed by atoms with van der Waals surface area (Å²) in [5.41, 5.74) is 3.59. The van der Waals surface area contributed by atoms with E-state index in [1.165, 1.54) is 0 Å². The van der Waals surface area contributed by atoms with Crippen molar-refractivity contribution < 1.29 is 24.6 Å². The Kier molecular flexibility index (Phi) is 5.29. The van der Waals surface area contributed by atoms with Gasteiger partial charge in [0.1, 0.15) is 6.10 Å². The minimum atomic E-state index is -1.65. The maximum Gasteiger partial charge on any atom is 0.333 e. The zero-order valence-corrected chi connectivity index (χ0v) is 15.3. The van der Waals surface area contributed by atoms with Crippen LogP contribution in [-0.4, -0.2) is 27.3 Å². The van der Waals surface area contributed by atoms with Crippen molar-refractivity contribution in [3.05, 3.63) is 73.5 Å². The number of carbonyl (C=O) groups is 1. The predicted molar refractivity (Wildman–Crippen MR) is 95.0 cm³/mol. The zero-order chi connectivity index (χ0) is 19.7. The lowest BCUT2D eigenvalue weighted by Gasteiger charge is -2.24. The van der Waals surface area contributed by atoms with Crippen molar-refractivity contribution in [3.63, 3.8) is 0 Å². The molecule has 8 nitrogen and oxygen atoms in total. The number of nitrogens with zero attached hydrogens (tertiary/aromatic N) is 2. The number of benzene rings is 1. The Balaban J connectivity index is 2.09. The Morgan fingerprint density at radius 2 is 2.11 bits per heavy atom. The van der Waals surface area contributed by atoms with Gasteiger partial charge in [0.25, 0.3) is 5.09 Å². The highest BCUT2D eigenvalue weighted by atomic mass is 35.5. The highest BCUT2D eigenvalue weighted by Crippen LogP contribution is 2.42. The average molecular weight is 393 g/mol. The summed E-state index contributed by atoms with van der Waals surface area (Å²) in [6, 6.07) is 7.14. The number of halogens is 1. The third-order valence-corrected chi connectivity index (χ3v) is 4.88. The number of pyridine rings is 1. The van der Waals surface area contributed by atoms with Gasteiger partial charge in [0.15, 0.2) is 0 Å². The van der Waals surface area contributed by atoms with E-state index in [4.69, 9.17) is 16.3 Å². The monoisotopic (exact) mass is 392 g/mol. The molecule has 27 heavy (non-hydrogen) atoms. The number of fused-ring (bicyclic) bond motifs is 1. The van der Waals surface area contributed by atoms with E-state index in [1.807, 2.05) is 12.1 Å². The molecule has 1 aromatic heterocycles. The number of carboxylic acid groups (broad SMARTS) is 1. The van der Waals surface area contributed by atoms with Gasteiger partial charge >= 0.3 is 5.97 Å². The van der Waals surface area contributed by atoms with Gasteiger partial charge in [0.05, 0.1) is 6.61 Å². The maximum atomic E-state index is 11.6. The minimum Gasteiger partial charge on any atom is -0.480 e. The van der Waals surface area contributed by atoms with Crippen LogP contribution in [0.4, 0.5) is 0 Å². The summed E-state index contributed by atoms with van der Waals surface area (Å²) in [7, 11) is 0. The van der Waals surface area contributed by atoms with E-state index >= 15 is 0 Å². The molecule has 1 aliphatic heterocycles. The number of aromatic nitrogens is 1. The molecule has 0 saturated carbocycles. The van der Waals surface area contributed by atoms with Crippen molar-refractivity contribution in [3.8, 4) is 0 Å². The molecule has 1 aliphatic rings. The molecular formula is C18H17ClN2O6. The molecule has 0 bridgehead atoms. The Morgan fingerprint density at radius 3 is 2.70 bits per heavy atom. The summed E-state index contributed by atoms with van der Waals surface area (Å²) in [5, 5.41) is 19.7. The van der Waals surface area contributed by atoms with Crippen LogP contribution in [0.3, 0.4) is 0 Å². The molecule has 0 fully saturated rings. The highest BCUT2D eigenvalue weighted by Gasteiger charge is 2.37. The van der Waals surface area contributed by atoms with Crippen molar-refractivity contribution in [2.75, 3.05) is 0 Å². The molecular weight excluding hydrogens is 376 g/mol. The molecule has 0 spiro atoms. The third-order valence-electron chi connectivity index (χ3n) is 4.63. The van der Waals surface area contributed by atoms with E-state index < -0.39 is 29.2 Å². The number of carboxylic acids is 1. The van der Waals surface area contributed by atoms with Crippen LogP contribution in [0.1, 0.15) is 46.9 Å². The summed E-state index contributed by atoms with van der Waals surface area (Å²) in [6.07, 6.45) is -0.416. The quantitative estimate of drug-likeness (QED) is 0.592. The van der Waals surface area contributed by atoms with Gasteiger partial charge in [0, 0.05) is 28.4 Å². The van der Waals surface area contributed by atoms with Gasteiger partial charge in [-0.1, -0.05) is 30.7 Å². The molecule has 3 rings (SSSR count). The van der Waals surface area contributed by atoms with E-state index in [0.717, 1.165) is 16.7 Å². The molecule has 2 heterocycles. The zero-order valence-electron chi connectivity index (χ0n) is 14.6. The van der Waals surface area contributed by atoms with Crippen molar-refractivity contribution in [1.29, 1.82) is 0 Å². The third kappa shape index (κ3) is 3.72. The van der Waals surface area contributed by atoms with Crippen LogP contribution < -0.4 is 0 Å². The molecule has 142 valence electrons. The number of aryl methyl sites for hydroxylation is 1. The summed E-state index contributed by atoms with van der Waals surface area (Å²) in [5.74, 6) is -2.23. The van der Waals surface area contributed by atoms with Crippen molar-refractivity contribution in [2.24, 2.45) is 0 Å². The van der Waals surface area contributed by atoms with Gasteiger partial charge in [-0.15, -0.1) is 10.1 Å². The van der Waals surface area contributed by atoms with E-state index in [1.54, 1.807) is 32.2 Å². The van der Waals surface area contributed by atoms with Crippen molar-refractivity contribution in [1.82, 2.24) is 4.98 Å². The molecule has 0 aliphatic carbocycles. The summed E-state index contributed by atoms with van der Waals surface area (Å²) in [6.45, 7) is 3.61. The molecule has 0 amide bonds. The van der Waals surface area contributed by atoms with Crippen LogP contribution in [0.15, 0.2) is 30.5 Å². The Labute approximate surface area is 159 Å².